The van der Waals surface area contributed by atoms with Crippen molar-refractivity contribution in [2.75, 3.05) is 13.6 Å². The van der Waals surface area contributed by atoms with Crippen LogP contribution in [0.4, 0.5) is 4.39 Å². The van der Waals surface area contributed by atoms with Gasteiger partial charge in [0, 0.05) is 19.8 Å². The van der Waals surface area contributed by atoms with E-state index in [2.05, 4.69) is 20.3 Å². The number of benzene rings is 1. The van der Waals surface area contributed by atoms with Crippen LogP contribution in [-0.2, 0) is 6.42 Å². The van der Waals surface area contributed by atoms with Gasteiger partial charge in [-0.3, -0.25) is 4.79 Å². The minimum Gasteiger partial charge on any atom is -0.341 e. The van der Waals surface area contributed by atoms with Crippen LogP contribution in [0.3, 0.4) is 0 Å². The Balaban J connectivity index is 1.46. The SMILES string of the molecule is Cc1ccc(-n2nccn2)c(C(=O)N(C)CCc2cnn(-c3ccc(F)cn3)c2)c1. The normalized spacial score (nSPS) is 10.9. The number of rotatable bonds is 6. The summed E-state index contributed by atoms with van der Waals surface area (Å²) in [4.78, 5) is 20.2. The largest absolute Gasteiger partial charge is 0.341 e. The molecule has 0 fully saturated rings. The Morgan fingerprint density at radius 3 is 2.63 bits per heavy atom. The topological polar surface area (TPSA) is 81.7 Å². The van der Waals surface area contributed by atoms with Gasteiger partial charge in [-0.1, -0.05) is 11.6 Å². The zero-order valence-corrected chi connectivity index (χ0v) is 16.6. The third-order valence-corrected chi connectivity index (χ3v) is 4.68. The first kappa shape index (κ1) is 19.4. The summed E-state index contributed by atoms with van der Waals surface area (Å²) < 4.78 is 14.6. The van der Waals surface area contributed by atoms with Crippen LogP contribution in [-0.4, -0.2) is 54.2 Å². The molecular weight excluding hydrogens is 385 g/mol. The van der Waals surface area contributed by atoms with Crippen molar-refractivity contribution in [2.45, 2.75) is 13.3 Å². The molecule has 1 aromatic carbocycles. The first-order valence-corrected chi connectivity index (χ1v) is 9.39. The van der Waals surface area contributed by atoms with Gasteiger partial charge in [-0.15, -0.1) is 0 Å². The maximum Gasteiger partial charge on any atom is 0.255 e. The Morgan fingerprint density at radius 2 is 1.90 bits per heavy atom. The zero-order valence-electron chi connectivity index (χ0n) is 16.6. The van der Waals surface area contributed by atoms with Crippen molar-refractivity contribution in [3.63, 3.8) is 0 Å². The first-order chi connectivity index (χ1) is 14.5. The summed E-state index contributed by atoms with van der Waals surface area (Å²) >= 11 is 0. The highest BCUT2D eigenvalue weighted by molar-refractivity contribution is 5.97. The van der Waals surface area contributed by atoms with Gasteiger partial charge in [0.25, 0.3) is 5.91 Å². The van der Waals surface area contributed by atoms with Gasteiger partial charge >= 0.3 is 0 Å². The van der Waals surface area contributed by atoms with Crippen LogP contribution < -0.4 is 0 Å². The van der Waals surface area contributed by atoms with E-state index >= 15 is 0 Å². The van der Waals surface area contributed by atoms with Crippen LogP contribution in [0.15, 0.2) is 61.3 Å². The number of pyridine rings is 1. The molecule has 0 aliphatic rings. The molecule has 0 bridgehead atoms. The van der Waals surface area contributed by atoms with Gasteiger partial charge in [0.05, 0.1) is 36.0 Å². The van der Waals surface area contributed by atoms with Crippen molar-refractivity contribution < 1.29 is 9.18 Å². The summed E-state index contributed by atoms with van der Waals surface area (Å²) in [6.07, 6.45) is 8.46. The molecule has 0 saturated heterocycles. The van der Waals surface area contributed by atoms with Crippen LogP contribution in [0.2, 0.25) is 0 Å². The molecule has 3 heterocycles. The molecular formula is C21H20FN7O. The Kier molecular flexibility index (Phi) is 5.34. The zero-order chi connectivity index (χ0) is 21.1. The highest BCUT2D eigenvalue weighted by Gasteiger charge is 2.18. The summed E-state index contributed by atoms with van der Waals surface area (Å²) in [5.41, 5.74) is 3.10. The molecule has 152 valence electrons. The Morgan fingerprint density at radius 1 is 1.10 bits per heavy atom. The van der Waals surface area contributed by atoms with Crippen molar-refractivity contribution in [1.82, 2.24) is 34.7 Å². The lowest BCUT2D eigenvalue weighted by Crippen LogP contribution is -2.30. The molecule has 0 unspecified atom stereocenters. The molecule has 0 spiro atoms. The monoisotopic (exact) mass is 405 g/mol. The van der Waals surface area contributed by atoms with Gasteiger partial charge in [-0.25, -0.2) is 14.1 Å². The van der Waals surface area contributed by atoms with Crippen LogP contribution in [0.25, 0.3) is 11.5 Å². The van der Waals surface area contributed by atoms with Crippen LogP contribution >= 0.6 is 0 Å². The van der Waals surface area contributed by atoms with E-state index in [0.717, 1.165) is 17.3 Å². The van der Waals surface area contributed by atoms with E-state index in [1.54, 1.807) is 41.3 Å². The van der Waals surface area contributed by atoms with Gasteiger partial charge in [0.2, 0.25) is 0 Å². The predicted octanol–water partition coefficient (Wildman–Crippen LogP) is 2.61. The molecule has 0 N–H and O–H groups in total. The van der Waals surface area contributed by atoms with Crippen molar-refractivity contribution in [2.24, 2.45) is 0 Å². The molecule has 0 atom stereocenters. The van der Waals surface area contributed by atoms with Crippen molar-refractivity contribution in [3.8, 4) is 11.5 Å². The number of nitrogens with zero attached hydrogens (tertiary/aromatic N) is 7. The van der Waals surface area contributed by atoms with Crippen LogP contribution in [0.1, 0.15) is 21.5 Å². The number of carbonyl (C=O) groups is 1. The second kappa shape index (κ2) is 8.24. The maximum atomic E-state index is 13.1. The van der Waals surface area contributed by atoms with E-state index < -0.39 is 5.82 Å². The number of aromatic nitrogens is 6. The summed E-state index contributed by atoms with van der Waals surface area (Å²) in [6, 6.07) is 8.51. The second-order valence-electron chi connectivity index (χ2n) is 6.94. The van der Waals surface area contributed by atoms with Gasteiger partial charge < -0.3 is 4.90 Å². The third-order valence-electron chi connectivity index (χ3n) is 4.68. The maximum absolute atomic E-state index is 13.1. The van der Waals surface area contributed by atoms with Gasteiger partial charge in [-0.2, -0.15) is 20.1 Å². The fraction of sp³-hybridized carbons (Fsp3) is 0.190. The highest BCUT2D eigenvalue weighted by Crippen LogP contribution is 2.17. The second-order valence-corrected chi connectivity index (χ2v) is 6.94. The molecule has 30 heavy (non-hydrogen) atoms. The summed E-state index contributed by atoms with van der Waals surface area (Å²) in [7, 11) is 1.76. The molecule has 0 radical (unpaired) electrons. The molecule has 0 aliphatic carbocycles. The van der Waals surface area contributed by atoms with Gasteiger partial charge in [-0.05, 0) is 43.2 Å². The Bertz CT molecular complexity index is 1150. The number of hydrogen-bond acceptors (Lipinski definition) is 5. The molecule has 8 nitrogen and oxygen atoms in total. The molecule has 1 amide bonds. The molecule has 3 aromatic heterocycles. The van der Waals surface area contributed by atoms with Crippen LogP contribution in [0, 0.1) is 12.7 Å². The number of hydrogen-bond donors (Lipinski definition) is 0. The minimum absolute atomic E-state index is 0.112. The molecule has 9 heteroatoms. The van der Waals surface area contributed by atoms with Crippen molar-refractivity contribution >= 4 is 5.91 Å². The van der Waals surface area contributed by atoms with Gasteiger partial charge in [0.15, 0.2) is 5.82 Å². The van der Waals surface area contributed by atoms with E-state index in [9.17, 15) is 9.18 Å². The number of amides is 1. The van der Waals surface area contributed by atoms with Crippen molar-refractivity contribution in [1.29, 1.82) is 0 Å². The smallest absolute Gasteiger partial charge is 0.255 e. The minimum atomic E-state index is -0.396. The Hall–Kier alpha value is -3.88. The molecule has 4 aromatic rings. The number of halogens is 1. The average Bonchev–Trinajstić information content (AvgIpc) is 3.44. The number of aryl methyl sites for hydroxylation is 1. The number of likely N-dealkylation sites (N-methyl/N-ethyl adjacent to an activating group) is 1. The van der Waals surface area contributed by atoms with E-state index in [1.807, 2.05) is 31.3 Å². The van der Waals surface area contributed by atoms with Crippen LogP contribution in [0.5, 0.6) is 0 Å². The van der Waals surface area contributed by atoms with E-state index in [-0.39, 0.29) is 5.91 Å². The first-order valence-electron chi connectivity index (χ1n) is 9.39. The van der Waals surface area contributed by atoms with Crippen molar-refractivity contribution in [3.05, 3.63) is 83.8 Å². The van der Waals surface area contributed by atoms with E-state index in [4.69, 9.17) is 0 Å². The third kappa shape index (κ3) is 4.09. The lowest BCUT2D eigenvalue weighted by atomic mass is 10.1. The summed E-state index contributed by atoms with van der Waals surface area (Å²) in [6.45, 7) is 2.44. The van der Waals surface area contributed by atoms with E-state index in [0.29, 0.717) is 30.0 Å². The number of carbonyl (C=O) groups excluding carboxylic acids is 1. The van der Waals surface area contributed by atoms with E-state index in [1.165, 1.54) is 10.9 Å². The Labute approximate surface area is 172 Å². The summed E-state index contributed by atoms with van der Waals surface area (Å²) in [5.74, 6) is 0.0221. The lowest BCUT2D eigenvalue weighted by Gasteiger charge is -2.19. The average molecular weight is 405 g/mol. The highest BCUT2D eigenvalue weighted by atomic mass is 19.1. The molecule has 4 rings (SSSR count). The quantitative estimate of drug-likeness (QED) is 0.493. The fourth-order valence-corrected chi connectivity index (χ4v) is 3.06. The summed E-state index contributed by atoms with van der Waals surface area (Å²) in [5, 5.41) is 12.6. The fourth-order valence-electron chi connectivity index (χ4n) is 3.06. The molecule has 0 aliphatic heterocycles. The molecule has 0 saturated carbocycles. The van der Waals surface area contributed by atoms with Gasteiger partial charge in [0.1, 0.15) is 5.82 Å². The lowest BCUT2D eigenvalue weighted by molar-refractivity contribution is 0.0796. The standard InChI is InChI=1S/C21H20FN7O/c1-15-3-5-19(29-24-8-9-25-29)18(11-15)21(30)27(2)10-7-16-12-26-28(14-16)20-6-4-17(22)13-23-20/h3-6,8-9,11-14H,7,10H2,1-2H3. The predicted molar refractivity (Wildman–Crippen MR) is 108 cm³/mol.